The fourth-order valence-corrected chi connectivity index (χ4v) is 8.48. The molecule has 0 aliphatic carbocycles. The highest BCUT2D eigenvalue weighted by molar-refractivity contribution is 5.71. The molecule has 6 nitrogen and oxygen atoms in total. The molecule has 0 bridgehead atoms. The molecule has 418 valence electrons. The largest absolute Gasteiger partial charge is 0.462 e. The number of unbranched alkanes of at least 4 members (excludes halogenated alkanes) is 28. The number of carbonyl (C=O) groups is 3. The number of ether oxygens (including phenoxy) is 3. The van der Waals surface area contributed by atoms with Gasteiger partial charge in [0.05, 0.1) is 0 Å². The first kappa shape index (κ1) is 69.3. The van der Waals surface area contributed by atoms with Gasteiger partial charge in [0.2, 0.25) is 0 Å². The van der Waals surface area contributed by atoms with E-state index in [-0.39, 0.29) is 31.1 Å². The Labute approximate surface area is 451 Å². The van der Waals surface area contributed by atoms with Crippen molar-refractivity contribution in [3.05, 3.63) is 97.2 Å². The Hall–Kier alpha value is -3.67. The fourth-order valence-electron chi connectivity index (χ4n) is 8.48. The summed E-state index contributed by atoms with van der Waals surface area (Å²) in [6, 6.07) is 0. The fraction of sp³-hybridized carbons (Fsp3) is 0.716. The van der Waals surface area contributed by atoms with Crippen LogP contribution in [0.4, 0.5) is 0 Å². The molecular formula is C67H114O6. The molecule has 0 saturated carbocycles. The van der Waals surface area contributed by atoms with Crippen molar-refractivity contribution >= 4 is 17.9 Å². The van der Waals surface area contributed by atoms with Crippen molar-refractivity contribution in [3.63, 3.8) is 0 Å². The Balaban J connectivity index is 4.41. The van der Waals surface area contributed by atoms with E-state index in [1.807, 2.05) is 0 Å². The molecule has 0 radical (unpaired) electrons. The number of rotatable bonds is 55. The number of allylic oxidation sites excluding steroid dienone is 16. The van der Waals surface area contributed by atoms with Gasteiger partial charge < -0.3 is 14.2 Å². The van der Waals surface area contributed by atoms with Crippen LogP contribution < -0.4 is 0 Å². The molecule has 0 aromatic rings. The van der Waals surface area contributed by atoms with E-state index in [2.05, 4.69) is 118 Å². The lowest BCUT2D eigenvalue weighted by Gasteiger charge is -2.18. The van der Waals surface area contributed by atoms with Crippen molar-refractivity contribution < 1.29 is 28.6 Å². The summed E-state index contributed by atoms with van der Waals surface area (Å²) in [7, 11) is 0. The third kappa shape index (κ3) is 59.1. The Morgan fingerprint density at radius 2 is 0.534 bits per heavy atom. The summed E-state index contributed by atoms with van der Waals surface area (Å²) in [5, 5.41) is 0. The van der Waals surface area contributed by atoms with Crippen LogP contribution in [0.15, 0.2) is 97.2 Å². The minimum Gasteiger partial charge on any atom is -0.462 e. The van der Waals surface area contributed by atoms with Gasteiger partial charge in [0.15, 0.2) is 6.10 Å². The monoisotopic (exact) mass is 1010 g/mol. The second kappa shape index (κ2) is 60.9. The Morgan fingerprint density at radius 1 is 0.288 bits per heavy atom. The van der Waals surface area contributed by atoms with E-state index in [1.54, 1.807) is 0 Å². The number of hydrogen-bond donors (Lipinski definition) is 0. The Morgan fingerprint density at radius 3 is 0.863 bits per heavy atom. The summed E-state index contributed by atoms with van der Waals surface area (Å²) < 4.78 is 16.9. The van der Waals surface area contributed by atoms with E-state index >= 15 is 0 Å². The zero-order chi connectivity index (χ0) is 52.9. The van der Waals surface area contributed by atoms with Crippen LogP contribution in [0.25, 0.3) is 0 Å². The van der Waals surface area contributed by atoms with Gasteiger partial charge in [0.1, 0.15) is 13.2 Å². The lowest BCUT2D eigenvalue weighted by molar-refractivity contribution is -0.167. The van der Waals surface area contributed by atoms with E-state index in [0.29, 0.717) is 19.3 Å². The van der Waals surface area contributed by atoms with E-state index < -0.39 is 6.10 Å². The summed E-state index contributed by atoms with van der Waals surface area (Å²) >= 11 is 0. The minimum atomic E-state index is -0.793. The summed E-state index contributed by atoms with van der Waals surface area (Å²) in [4.78, 5) is 38.2. The van der Waals surface area contributed by atoms with Crippen molar-refractivity contribution in [2.75, 3.05) is 13.2 Å². The first-order chi connectivity index (χ1) is 36.0. The van der Waals surface area contributed by atoms with Gasteiger partial charge in [-0.15, -0.1) is 0 Å². The normalized spacial score (nSPS) is 12.8. The van der Waals surface area contributed by atoms with Crippen molar-refractivity contribution in [2.24, 2.45) is 0 Å². The smallest absolute Gasteiger partial charge is 0.306 e. The maximum atomic E-state index is 12.9. The highest BCUT2D eigenvalue weighted by atomic mass is 16.6. The molecule has 0 fully saturated rings. The van der Waals surface area contributed by atoms with Gasteiger partial charge in [-0.2, -0.15) is 0 Å². The summed E-state index contributed by atoms with van der Waals surface area (Å²) in [5.41, 5.74) is 0. The Kier molecular flexibility index (Phi) is 57.8. The first-order valence-corrected chi connectivity index (χ1v) is 30.7. The molecule has 73 heavy (non-hydrogen) atoms. The van der Waals surface area contributed by atoms with Crippen molar-refractivity contribution in [1.29, 1.82) is 0 Å². The van der Waals surface area contributed by atoms with Crippen LogP contribution in [0.2, 0.25) is 0 Å². The standard InChI is InChI=1S/C67H114O6/c1-4-7-10-13-16-19-22-25-27-29-30-31-32-33-34-35-36-38-39-42-45-48-51-54-57-60-66(69)72-63-64(62-71-65(68)59-56-53-50-47-44-41-24-21-18-15-12-9-6-3)73-67(70)61-58-55-52-49-46-43-40-37-28-26-23-20-17-14-11-8-5-2/h7,10,16,19,25-28,30-31,33-34,36,38,42,45,64H,4-6,8-9,11-15,17-18,20-24,29,32,35,37,39-41,43-44,46-63H2,1-3H3/b10-7-,19-16-,27-25-,28-26-,31-30-,34-33-,38-36-,45-42-. The van der Waals surface area contributed by atoms with E-state index in [1.165, 1.54) is 141 Å². The molecule has 0 aliphatic rings. The highest BCUT2D eigenvalue weighted by Gasteiger charge is 2.19. The van der Waals surface area contributed by atoms with Gasteiger partial charge in [0, 0.05) is 19.3 Å². The zero-order valence-electron chi connectivity index (χ0n) is 47.9. The highest BCUT2D eigenvalue weighted by Crippen LogP contribution is 2.15. The van der Waals surface area contributed by atoms with Gasteiger partial charge in [0.25, 0.3) is 0 Å². The molecule has 0 saturated heterocycles. The molecule has 0 aliphatic heterocycles. The van der Waals surface area contributed by atoms with Crippen molar-refractivity contribution in [3.8, 4) is 0 Å². The third-order valence-electron chi connectivity index (χ3n) is 13.1. The second-order valence-electron chi connectivity index (χ2n) is 20.2. The minimum absolute atomic E-state index is 0.0879. The molecular weight excluding hydrogens is 901 g/mol. The molecule has 0 heterocycles. The zero-order valence-corrected chi connectivity index (χ0v) is 47.9. The molecule has 0 aromatic carbocycles. The van der Waals surface area contributed by atoms with Gasteiger partial charge in [-0.05, 0) is 103 Å². The second-order valence-corrected chi connectivity index (χ2v) is 20.2. The summed E-state index contributed by atoms with van der Waals surface area (Å²) in [6.07, 6.45) is 81.1. The van der Waals surface area contributed by atoms with E-state index in [9.17, 15) is 14.4 Å². The predicted molar refractivity (Wildman–Crippen MR) is 316 cm³/mol. The number of esters is 3. The lowest BCUT2D eigenvalue weighted by Crippen LogP contribution is -2.30. The topological polar surface area (TPSA) is 78.9 Å². The van der Waals surface area contributed by atoms with E-state index in [4.69, 9.17) is 14.2 Å². The SMILES string of the molecule is CC/C=C\C/C=C\C/C=C\C/C=C\C/C=C\C/C=C\C/C=C\CCCCCC(=O)OCC(COC(=O)CCCCCCCCCCCCCCC)OC(=O)CCCCCCCCC/C=C\CCCCCCCC. The molecule has 0 N–H and O–H groups in total. The molecule has 6 heteroatoms. The quantitative estimate of drug-likeness (QED) is 0.0261. The Bertz CT molecular complexity index is 1440. The first-order valence-electron chi connectivity index (χ1n) is 30.7. The maximum absolute atomic E-state index is 12.9. The molecule has 0 spiro atoms. The summed E-state index contributed by atoms with van der Waals surface area (Å²) in [5.74, 6) is -0.919. The van der Waals surface area contributed by atoms with Crippen LogP contribution in [0.3, 0.4) is 0 Å². The van der Waals surface area contributed by atoms with Crippen molar-refractivity contribution in [2.45, 2.75) is 297 Å². The van der Waals surface area contributed by atoms with Gasteiger partial charge in [-0.1, -0.05) is 266 Å². The van der Waals surface area contributed by atoms with Gasteiger partial charge in [-0.3, -0.25) is 14.4 Å². The van der Waals surface area contributed by atoms with Crippen LogP contribution in [0.5, 0.6) is 0 Å². The van der Waals surface area contributed by atoms with Crippen LogP contribution in [-0.2, 0) is 28.6 Å². The maximum Gasteiger partial charge on any atom is 0.306 e. The molecule has 1 atom stereocenters. The van der Waals surface area contributed by atoms with Crippen LogP contribution in [0, 0.1) is 0 Å². The van der Waals surface area contributed by atoms with Gasteiger partial charge >= 0.3 is 17.9 Å². The average Bonchev–Trinajstić information content (AvgIpc) is 3.39. The third-order valence-corrected chi connectivity index (χ3v) is 13.1. The predicted octanol–water partition coefficient (Wildman–Crippen LogP) is 20.9. The van der Waals surface area contributed by atoms with Crippen LogP contribution in [-0.4, -0.2) is 37.2 Å². The molecule has 0 amide bonds. The number of carbonyl (C=O) groups excluding carboxylic acids is 3. The number of hydrogen-bond acceptors (Lipinski definition) is 6. The van der Waals surface area contributed by atoms with Crippen LogP contribution in [0.1, 0.15) is 290 Å². The molecule has 0 rings (SSSR count). The van der Waals surface area contributed by atoms with Crippen molar-refractivity contribution in [1.82, 2.24) is 0 Å². The molecule has 1 unspecified atom stereocenters. The van der Waals surface area contributed by atoms with Gasteiger partial charge in [-0.25, -0.2) is 0 Å². The van der Waals surface area contributed by atoms with E-state index in [0.717, 1.165) is 109 Å². The summed E-state index contributed by atoms with van der Waals surface area (Å²) in [6.45, 7) is 6.51. The van der Waals surface area contributed by atoms with Crippen LogP contribution >= 0.6 is 0 Å². The lowest BCUT2D eigenvalue weighted by atomic mass is 10.0. The average molecular weight is 1020 g/mol. The molecule has 0 aromatic heterocycles.